The number of carbonyl (C=O) groups excluding carboxylic acids is 1. The van der Waals surface area contributed by atoms with Gasteiger partial charge in [0.05, 0.1) is 6.42 Å². The minimum absolute atomic E-state index is 0.172. The van der Waals surface area contributed by atoms with E-state index in [4.69, 9.17) is 5.11 Å². The molecule has 110 valence electrons. The van der Waals surface area contributed by atoms with Crippen molar-refractivity contribution in [3.63, 3.8) is 0 Å². The van der Waals surface area contributed by atoms with Gasteiger partial charge in [0.15, 0.2) is 0 Å². The maximum Gasteiger partial charge on any atom is 0.408 e. The summed E-state index contributed by atoms with van der Waals surface area (Å²) < 4.78 is 38.7. The quantitative estimate of drug-likeness (QED) is 0.932. The predicted molar refractivity (Wildman–Crippen MR) is 65.4 cm³/mol. The van der Waals surface area contributed by atoms with Crippen LogP contribution in [0, 0.1) is 0 Å². The van der Waals surface area contributed by atoms with Crippen molar-refractivity contribution < 1.29 is 27.9 Å². The van der Waals surface area contributed by atoms with Crippen LogP contribution in [0.15, 0.2) is 16.8 Å². The standard InChI is InChI=1S/C12H12F3NO3S/c13-12(14,15)9-2-1-8(11(18)19)16(9)10(17)5-7-3-4-20-6-7/h3-4,6,8-9H,1-2,5H2,(H,18,19)/t8-,9-/m0/s1. The Hall–Kier alpha value is -1.57. The number of carboxylic acids is 1. The van der Waals surface area contributed by atoms with Crippen molar-refractivity contribution >= 4 is 23.2 Å². The van der Waals surface area contributed by atoms with Gasteiger partial charge in [-0.1, -0.05) is 0 Å². The summed E-state index contributed by atoms with van der Waals surface area (Å²) in [7, 11) is 0. The van der Waals surface area contributed by atoms with Crippen LogP contribution in [0.25, 0.3) is 0 Å². The Morgan fingerprint density at radius 2 is 2.10 bits per heavy atom. The number of alkyl halides is 3. The molecule has 0 radical (unpaired) electrons. The number of hydrogen-bond donors (Lipinski definition) is 1. The second-order valence-corrected chi connectivity index (χ2v) is 5.38. The van der Waals surface area contributed by atoms with Crippen molar-refractivity contribution in [3.05, 3.63) is 22.4 Å². The van der Waals surface area contributed by atoms with Gasteiger partial charge in [-0.15, -0.1) is 0 Å². The molecule has 0 spiro atoms. The van der Waals surface area contributed by atoms with Crippen LogP contribution in [0.1, 0.15) is 18.4 Å². The number of likely N-dealkylation sites (tertiary alicyclic amines) is 1. The lowest BCUT2D eigenvalue weighted by molar-refractivity contribution is -0.188. The van der Waals surface area contributed by atoms with E-state index in [1.807, 2.05) is 0 Å². The van der Waals surface area contributed by atoms with Gasteiger partial charge in [-0.25, -0.2) is 4.79 Å². The van der Waals surface area contributed by atoms with Gasteiger partial charge in [-0.2, -0.15) is 24.5 Å². The number of aliphatic carboxylic acids is 1. The lowest BCUT2D eigenvalue weighted by Crippen LogP contribution is -2.51. The smallest absolute Gasteiger partial charge is 0.408 e. The van der Waals surface area contributed by atoms with Crippen molar-refractivity contribution in [2.45, 2.75) is 37.5 Å². The van der Waals surface area contributed by atoms with E-state index in [0.717, 1.165) is 0 Å². The molecule has 20 heavy (non-hydrogen) atoms. The SMILES string of the molecule is O=C(O)[C@@H]1CC[C@@H](C(F)(F)F)N1C(=O)Cc1ccsc1. The van der Waals surface area contributed by atoms with Crippen molar-refractivity contribution in [2.24, 2.45) is 0 Å². The Labute approximate surface area is 116 Å². The molecule has 1 aliphatic rings. The highest BCUT2D eigenvalue weighted by molar-refractivity contribution is 7.07. The number of nitrogens with zero attached hydrogens (tertiary/aromatic N) is 1. The van der Waals surface area contributed by atoms with Crippen LogP contribution in [0.4, 0.5) is 13.2 Å². The highest BCUT2D eigenvalue weighted by Crippen LogP contribution is 2.36. The number of hydrogen-bond acceptors (Lipinski definition) is 3. The summed E-state index contributed by atoms with van der Waals surface area (Å²) in [5, 5.41) is 12.4. The van der Waals surface area contributed by atoms with Crippen molar-refractivity contribution in [2.75, 3.05) is 0 Å². The summed E-state index contributed by atoms with van der Waals surface area (Å²) >= 11 is 1.33. The molecule has 0 aromatic carbocycles. The second-order valence-electron chi connectivity index (χ2n) is 4.60. The van der Waals surface area contributed by atoms with E-state index in [0.29, 0.717) is 10.5 Å². The normalized spacial score (nSPS) is 23.1. The Kier molecular flexibility index (Phi) is 4.03. The maximum atomic E-state index is 12.9. The summed E-state index contributed by atoms with van der Waals surface area (Å²) in [5.41, 5.74) is 0.594. The number of rotatable bonds is 3. The molecular formula is C12H12F3NO3S. The number of thiophene rings is 1. The van der Waals surface area contributed by atoms with E-state index >= 15 is 0 Å². The zero-order chi connectivity index (χ0) is 14.9. The molecule has 1 aromatic heterocycles. The van der Waals surface area contributed by atoms with Crippen LogP contribution in [0.2, 0.25) is 0 Å². The summed E-state index contributed by atoms with van der Waals surface area (Å²) in [6.45, 7) is 0. The van der Waals surface area contributed by atoms with E-state index < -0.39 is 30.1 Å². The predicted octanol–water partition coefficient (Wildman–Crippen LogP) is 2.30. The number of carboxylic acid groups (broad SMARTS) is 1. The fraction of sp³-hybridized carbons (Fsp3) is 0.500. The molecular weight excluding hydrogens is 295 g/mol. The van der Waals surface area contributed by atoms with Crippen LogP contribution in [-0.4, -0.2) is 40.1 Å². The molecule has 1 amide bonds. The summed E-state index contributed by atoms with van der Waals surface area (Å²) in [4.78, 5) is 23.6. The van der Waals surface area contributed by atoms with Gasteiger partial charge in [-0.05, 0) is 35.2 Å². The largest absolute Gasteiger partial charge is 0.480 e. The Bertz CT molecular complexity index is 501. The number of amides is 1. The molecule has 1 N–H and O–H groups in total. The first kappa shape index (κ1) is 14.8. The van der Waals surface area contributed by atoms with Crippen LogP contribution in [-0.2, 0) is 16.0 Å². The molecule has 1 fully saturated rings. The van der Waals surface area contributed by atoms with E-state index in [2.05, 4.69) is 0 Å². The van der Waals surface area contributed by atoms with Gasteiger partial charge >= 0.3 is 12.1 Å². The summed E-state index contributed by atoms with van der Waals surface area (Å²) in [6.07, 6.45) is -5.35. The van der Waals surface area contributed by atoms with Gasteiger partial charge in [0.1, 0.15) is 12.1 Å². The van der Waals surface area contributed by atoms with E-state index in [-0.39, 0.29) is 19.3 Å². The fourth-order valence-electron chi connectivity index (χ4n) is 2.38. The molecule has 0 aliphatic carbocycles. The van der Waals surface area contributed by atoms with Crippen LogP contribution in [0.5, 0.6) is 0 Å². The second kappa shape index (κ2) is 5.43. The van der Waals surface area contributed by atoms with Crippen LogP contribution >= 0.6 is 11.3 Å². The average Bonchev–Trinajstić information content (AvgIpc) is 2.95. The molecule has 0 bridgehead atoms. The minimum atomic E-state index is -4.60. The van der Waals surface area contributed by atoms with Crippen LogP contribution in [0.3, 0.4) is 0 Å². The van der Waals surface area contributed by atoms with E-state index in [9.17, 15) is 22.8 Å². The third kappa shape index (κ3) is 2.95. The average molecular weight is 307 g/mol. The minimum Gasteiger partial charge on any atom is -0.480 e. The molecule has 1 saturated heterocycles. The van der Waals surface area contributed by atoms with E-state index in [1.54, 1.807) is 16.8 Å². The molecule has 8 heteroatoms. The highest BCUT2D eigenvalue weighted by atomic mass is 32.1. The first-order valence-electron chi connectivity index (χ1n) is 5.92. The summed E-state index contributed by atoms with van der Waals surface area (Å²) in [5.74, 6) is -2.19. The maximum absolute atomic E-state index is 12.9. The first-order chi connectivity index (χ1) is 9.30. The fourth-order valence-corrected chi connectivity index (χ4v) is 3.05. The molecule has 2 rings (SSSR count). The zero-order valence-corrected chi connectivity index (χ0v) is 11.1. The molecule has 1 aliphatic heterocycles. The van der Waals surface area contributed by atoms with Gasteiger partial charge < -0.3 is 10.0 Å². The molecule has 1 aromatic rings. The summed E-state index contributed by atoms with van der Waals surface area (Å²) in [6, 6.07) is -1.76. The number of carbonyl (C=O) groups is 2. The van der Waals surface area contributed by atoms with Gasteiger partial charge in [0.25, 0.3) is 0 Å². The van der Waals surface area contributed by atoms with Gasteiger partial charge in [-0.3, -0.25) is 4.79 Å². The van der Waals surface area contributed by atoms with Gasteiger partial charge in [0, 0.05) is 0 Å². The third-order valence-electron chi connectivity index (χ3n) is 3.27. The van der Waals surface area contributed by atoms with E-state index in [1.165, 1.54) is 11.3 Å². The molecule has 2 atom stereocenters. The van der Waals surface area contributed by atoms with Crippen LogP contribution < -0.4 is 0 Å². The molecule has 2 heterocycles. The monoisotopic (exact) mass is 307 g/mol. The Morgan fingerprint density at radius 3 is 2.60 bits per heavy atom. The van der Waals surface area contributed by atoms with Crippen molar-refractivity contribution in [1.29, 1.82) is 0 Å². The highest BCUT2D eigenvalue weighted by Gasteiger charge is 2.53. The molecule has 0 saturated carbocycles. The molecule has 0 unspecified atom stereocenters. The Balaban J connectivity index is 2.21. The topological polar surface area (TPSA) is 57.6 Å². The Morgan fingerprint density at radius 1 is 1.40 bits per heavy atom. The number of halogens is 3. The third-order valence-corrected chi connectivity index (χ3v) is 4.00. The zero-order valence-electron chi connectivity index (χ0n) is 10.3. The first-order valence-corrected chi connectivity index (χ1v) is 6.86. The lowest BCUT2D eigenvalue weighted by Gasteiger charge is -2.29. The van der Waals surface area contributed by atoms with Crippen molar-refractivity contribution in [3.8, 4) is 0 Å². The lowest BCUT2D eigenvalue weighted by atomic mass is 10.2. The van der Waals surface area contributed by atoms with Crippen molar-refractivity contribution in [1.82, 2.24) is 4.90 Å². The molecule has 4 nitrogen and oxygen atoms in total. The van der Waals surface area contributed by atoms with Gasteiger partial charge in [0.2, 0.25) is 5.91 Å².